The van der Waals surface area contributed by atoms with Crippen LogP contribution in [0.5, 0.6) is 0 Å². The van der Waals surface area contributed by atoms with Crippen molar-refractivity contribution in [3.05, 3.63) is 5.01 Å². The number of alkyl halides is 3. The van der Waals surface area contributed by atoms with Gasteiger partial charge in [-0.15, -0.1) is 10.2 Å². The predicted molar refractivity (Wildman–Crippen MR) is 80.9 cm³/mol. The van der Waals surface area contributed by atoms with Crippen molar-refractivity contribution in [2.24, 2.45) is 0 Å². The van der Waals surface area contributed by atoms with E-state index in [1.807, 2.05) is 0 Å². The second-order valence-electron chi connectivity index (χ2n) is 5.69. The Morgan fingerprint density at radius 1 is 1.29 bits per heavy atom. The molecule has 1 atom stereocenters. The third-order valence-electron chi connectivity index (χ3n) is 3.98. The predicted octanol–water partition coefficient (Wildman–Crippen LogP) is 0.584. The van der Waals surface area contributed by atoms with E-state index >= 15 is 0 Å². The molecule has 0 unspecified atom stereocenters. The van der Waals surface area contributed by atoms with E-state index < -0.39 is 11.2 Å². The maximum absolute atomic E-state index is 12.6. The molecule has 1 amide bonds. The normalized spacial score (nSPS) is 22.7. The minimum absolute atomic E-state index is 0.0294. The van der Waals surface area contributed by atoms with Crippen molar-refractivity contribution in [1.29, 1.82) is 0 Å². The monoisotopic (exact) mass is 365 g/mol. The Morgan fingerprint density at radius 2 is 2.04 bits per heavy atom. The van der Waals surface area contributed by atoms with Crippen LogP contribution in [0.3, 0.4) is 0 Å². The van der Waals surface area contributed by atoms with Crippen molar-refractivity contribution < 1.29 is 22.7 Å². The Morgan fingerprint density at radius 3 is 2.62 bits per heavy atom. The molecule has 0 saturated carbocycles. The van der Waals surface area contributed by atoms with Crippen molar-refractivity contribution >= 4 is 22.4 Å². The average Bonchev–Trinajstić information content (AvgIpc) is 3.06. The summed E-state index contributed by atoms with van der Waals surface area (Å²) >= 11 is 0.533. The van der Waals surface area contributed by atoms with Gasteiger partial charge in [-0.05, 0) is 0 Å². The summed E-state index contributed by atoms with van der Waals surface area (Å²) in [6, 6.07) is 0.0294. The fourth-order valence-electron chi connectivity index (χ4n) is 2.70. The largest absolute Gasteiger partial charge is 0.445 e. The van der Waals surface area contributed by atoms with Crippen LogP contribution in [-0.4, -0.2) is 73.0 Å². The summed E-state index contributed by atoms with van der Waals surface area (Å²) in [5.74, 6) is 0.0332. The summed E-state index contributed by atoms with van der Waals surface area (Å²) in [7, 11) is 0. The first-order chi connectivity index (χ1) is 11.4. The number of nitrogens with one attached hydrogen (secondary N) is 1. The Bertz CT molecular complexity index is 568. The Balaban J connectivity index is 1.50. The molecule has 0 spiro atoms. The topological polar surface area (TPSA) is 70.6 Å². The number of halogens is 3. The number of aromatic nitrogens is 2. The van der Waals surface area contributed by atoms with Gasteiger partial charge in [-0.2, -0.15) is 13.2 Å². The molecule has 3 heterocycles. The summed E-state index contributed by atoms with van der Waals surface area (Å²) in [6.07, 6.45) is -4.10. The van der Waals surface area contributed by atoms with Crippen molar-refractivity contribution in [2.45, 2.75) is 18.6 Å². The standard InChI is InChI=1S/C13H18F3N5O2S/c14-13(15,16)11-18-19-12(24-11)21-4-2-20(3-5-21)10(22)7-9-8-23-6-1-17-9/h9,17H,1-8H2/t9-/m0/s1. The highest BCUT2D eigenvalue weighted by molar-refractivity contribution is 7.15. The molecule has 11 heteroatoms. The Labute approximate surface area is 140 Å². The van der Waals surface area contributed by atoms with Gasteiger partial charge in [0.1, 0.15) is 0 Å². The van der Waals surface area contributed by atoms with Gasteiger partial charge in [0.05, 0.1) is 13.2 Å². The molecular weight excluding hydrogens is 347 g/mol. The molecule has 2 aliphatic heterocycles. The summed E-state index contributed by atoms with van der Waals surface area (Å²) in [5.41, 5.74) is 0. The van der Waals surface area contributed by atoms with Crippen molar-refractivity contribution in [3.63, 3.8) is 0 Å². The van der Waals surface area contributed by atoms with Gasteiger partial charge in [0.2, 0.25) is 16.0 Å². The van der Waals surface area contributed by atoms with Crippen LogP contribution in [0.25, 0.3) is 0 Å². The molecule has 3 rings (SSSR count). The van der Waals surface area contributed by atoms with Crippen molar-refractivity contribution in [1.82, 2.24) is 20.4 Å². The molecule has 134 valence electrons. The number of amides is 1. The van der Waals surface area contributed by atoms with E-state index in [9.17, 15) is 18.0 Å². The molecule has 2 fully saturated rings. The summed E-state index contributed by atoms with van der Waals surface area (Å²) < 4.78 is 43.1. The molecule has 2 aliphatic rings. The van der Waals surface area contributed by atoms with E-state index in [4.69, 9.17) is 4.74 Å². The molecule has 2 saturated heterocycles. The van der Waals surface area contributed by atoms with Crippen LogP contribution in [-0.2, 0) is 15.7 Å². The van der Waals surface area contributed by atoms with Crippen LogP contribution in [0.2, 0.25) is 0 Å². The van der Waals surface area contributed by atoms with Gasteiger partial charge in [0.25, 0.3) is 0 Å². The fourth-order valence-corrected chi connectivity index (χ4v) is 3.46. The zero-order valence-electron chi connectivity index (χ0n) is 12.9. The smallest absolute Gasteiger partial charge is 0.378 e. The molecule has 24 heavy (non-hydrogen) atoms. The molecular formula is C13H18F3N5O2S. The average molecular weight is 365 g/mol. The van der Waals surface area contributed by atoms with Gasteiger partial charge in [0.15, 0.2) is 0 Å². The first kappa shape index (κ1) is 17.4. The lowest BCUT2D eigenvalue weighted by Gasteiger charge is -2.35. The van der Waals surface area contributed by atoms with E-state index in [1.165, 1.54) is 0 Å². The highest BCUT2D eigenvalue weighted by atomic mass is 32.1. The van der Waals surface area contributed by atoms with Gasteiger partial charge in [-0.25, -0.2) is 0 Å². The van der Waals surface area contributed by atoms with E-state index in [0.717, 1.165) is 6.54 Å². The number of anilines is 1. The Hall–Kier alpha value is -1.46. The van der Waals surface area contributed by atoms with Crippen LogP contribution < -0.4 is 10.2 Å². The lowest BCUT2D eigenvalue weighted by Crippen LogP contribution is -2.51. The molecule has 1 aromatic heterocycles. The number of morpholine rings is 1. The lowest BCUT2D eigenvalue weighted by molar-refractivity contribution is -0.138. The van der Waals surface area contributed by atoms with Crippen LogP contribution in [0.15, 0.2) is 0 Å². The second kappa shape index (κ2) is 7.19. The summed E-state index contributed by atoms with van der Waals surface area (Å²) in [5, 5.41) is 9.34. The number of ether oxygens (including phenoxy) is 1. The van der Waals surface area contributed by atoms with Crippen molar-refractivity contribution in [2.75, 3.05) is 50.8 Å². The maximum atomic E-state index is 12.6. The van der Waals surface area contributed by atoms with Gasteiger partial charge < -0.3 is 19.9 Å². The van der Waals surface area contributed by atoms with Crippen LogP contribution in [0.4, 0.5) is 18.3 Å². The van der Waals surface area contributed by atoms with Crippen LogP contribution in [0.1, 0.15) is 11.4 Å². The van der Waals surface area contributed by atoms with Gasteiger partial charge in [0, 0.05) is 45.2 Å². The lowest BCUT2D eigenvalue weighted by atomic mass is 10.1. The molecule has 0 aromatic carbocycles. The molecule has 0 aliphatic carbocycles. The van der Waals surface area contributed by atoms with Crippen molar-refractivity contribution in [3.8, 4) is 0 Å². The quantitative estimate of drug-likeness (QED) is 0.845. The number of rotatable bonds is 3. The summed E-state index contributed by atoms with van der Waals surface area (Å²) in [6.45, 7) is 3.76. The van der Waals surface area contributed by atoms with E-state index in [-0.39, 0.29) is 17.1 Å². The fraction of sp³-hybridized carbons (Fsp3) is 0.769. The number of hydrogen-bond acceptors (Lipinski definition) is 7. The molecule has 7 nitrogen and oxygen atoms in total. The van der Waals surface area contributed by atoms with E-state index in [0.29, 0.717) is 57.2 Å². The molecule has 1 aromatic rings. The molecule has 0 bridgehead atoms. The minimum Gasteiger partial charge on any atom is -0.378 e. The number of carbonyl (C=O) groups is 1. The molecule has 1 N–H and O–H groups in total. The van der Waals surface area contributed by atoms with Crippen LogP contribution in [0, 0.1) is 0 Å². The number of hydrogen-bond donors (Lipinski definition) is 1. The summed E-state index contributed by atoms with van der Waals surface area (Å²) in [4.78, 5) is 15.8. The first-order valence-electron chi connectivity index (χ1n) is 7.68. The minimum atomic E-state index is -4.47. The zero-order chi connectivity index (χ0) is 17.2. The maximum Gasteiger partial charge on any atom is 0.445 e. The SMILES string of the molecule is O=C(C[C@H]1COCCN1)N1CCN(c2nnc(C(F)(F)F)s2)CC1. The molecule has 0 radical (unpaired) electrons. The zero-order valence-corrected chi connectivity index (χ0v) is 13.7. The van der Waals surface area contributed by atoms with Gasteiger partial charge >= 0.3 is 6.18 Å². The highest BCUT2D eigenvalue weighted by Crippen LogP contribution is 2.34. The van der Waals surface area contributed by atoms with Gasteiger partial charge in [-0.1, -0.05) is 11.3 Å². The van der Waals surface area contributed by atoms with E-state index in [1.54, 1.807) is 9.80 Å². The number of carbonyl (C=O) groups excluding carboxylic acids is 1. The third kappa shape index (κ3) is 4.14. The Kier molecular flexibility index (Phi) is 5.21. The number of nitrogens with zero attached hydrogens (tertiary/aromatic N) is 4. The second-order valence-corrected chi connectivity index (χ2v) is 6.64. The number of piperazine rings is 1. The highest BCUT2D eigenvalue weighted by Gasteiger charge is 2.36. The van der Waals surface area contributed by atoms with Gasteiger partial charge in [-0.3, -0.25) is 4.79 Å². The third-order valence-corrected chi connectivity index (χ3v) is 5.01. The van der Waals surface area contributed by atoms with E-state index in [2.05, 4.69) is 15.5 Å². The first-order valence-corrected chi connectivity index (χ1v) is 8.49. The van der Waals surface area contributed by atoms with Crippen LogP contribution >= 0.6 is 11.3 Å².